The van der Waals surface area contributed by atoms with E-state index >= 15 is 0 Å². The van der Waals surface area contributed by atoms with Crippen molar-refractivity contribution in [2.45, 2.75) is 45.7 Å². The van der Waals surface area contributed by atoms with Crippen LogP contribution in [0.4, 0.5) is 0 Å². The summed E-state index contributed by atoms with van der Waals surface area (Å²) in [6, 6.07) is 18.0. The number of nitrogens with one attached hydrogen (secondary N) is 1. The number of carbonyl (C=O) groups excluding carboxylic acids is 1. The molecule has 0 saturated heterocycles. The van der Waals surface area contributed by atoms with Crippen molar-refractivity contribution >= 4 is 16.9 Å². The van der Waals surface area contributed by atoms with Crippen LogP contribution >= 0.6 is 0 Å². The van der Waals surface area contributed by atoms with E-state index in [0.717, 1.165) is 17.5 Å². The number of fused-ring (bicyclic) bond motifs is 1. The summed E-state index contributed by atoms with van der Waals surface area (Å²) in [5, 5.41) is 3.03. The summed E-state index contributed by atoms with van der Waals surface area (Å²) >= 11 is 0. The topological polar surface area (TPSA) is 56.0 Å². The van der Waals surface area contributed by atoms with Crippen LogP contribution in [-0.4, -0.2) is 21.6 Å². The van der Waals surface area contributed by atoms with Crippen LogP contribution in [-0.2, 0) is 17.9 Å². The lowest BCUT2D eigenvalue weighted by molar-refractivity contribution is -0.121. The second kappa shape index (κ2) is 8.71. The van der Waals surface area contributed by atoms with E-state index in [9.17, 15) is 9.59 Å². The van der Waals surface area contributed by atoms with Gasteiger partial charge in [-0.2, -0.15) is 0 Å². The van der Waals surface area contributed by atoms with Crippen LogP contribution in [0.25, 0.3) is 11.0 Å². The monoisotopic (exact) mass is 365 g/mol. The molecule has 1 N–H and O–H groups in total. The molecule has 5 nitrogen and oxygen atoms in total. The standard InChI is InChI=1S/C22H27N3O2/c1-3-17(18-10-6-5-7-11-18)16-23-21(26)14-15-25-20-13-9-8-12-19(20)24(4-2)22(25)27/h5-13,17H,3-4,14-16H2,1-2H3,(H,23,26). The number of amides is 1. The Morgan fingerprint density at radius 3 is 2.22 bits per heavy atom. The zero-order valence-corrected chi connectivity index (χ0v) is 16.0. The molecule has 142 valence electrons. The van der Waals surface area contributed by atoms with Crippen LogP contribution in [0.5, 0.6) is 0 Å². The fourth-order valence-electron chi connectivity index (χ4n) is 3.56. The van der Waals surface area contributed by atoms with E-state index < -0.39 is 0 Å². The van der Waals surface area contributed by atoms with Gasteiger partial charge in [-0.3, -0.25) is 13.9 Å². The first-order valence-corrected chi connectivity index (χ1v) is 9.65. The van der Waals surface area contributed by atoms with Gasteiger partial charge >= 0.3 is 5.69 Å². The Morgan fingerprint density at radius 1 is 0.963 bits per heavy atom. The minimum Gasteiger partial charge on any atom is -0.355 e. The first kappa shape index (κ1) is 19.0. The lowest BCUT2D eigenvalue weighted by atomic mass is 9.96. The number of rotatable bonds is 8. The minimum absolute atomic E-state index is 0.0235. The van der Waals surface area contributed by atoms with Crippen LogP contribution < -0.4 is 11.0 Å². The minimum atomic E-state index is -0.0535. The molecule has 1 unspecified atom stereocenters. The lowest BCUT2D eigenvalue weighted by Crippen LogP contribution is -2.31. The Hall–Kier alpha value is -2.82. The van der Waals surface area contributed by atoms with E-state index in [1.165, 1.54) is 5.56 Å². The fraction of sp³-hybridized carbons (Fsp3) is 0.364. The second-order valence-electron chi connectivity index (χ2n) is 6.74. The van der Waals surface area contributed by atoms with Gasteiger partial charge < -0.3 is 5.32 Å². The number of hydrogen-bond acceptors (Lipinski definition) is 2. The van der Waals surface area contributed by atoms with Gasteiger partial charge in [0.1, 0.15) is 0 Å². The molecule has 1 aromatic heterocycles. The van der Waals surface area contributed by atoms with Crippen LogP contribution in [0.15, 0.2) is 59.4 Å². The van der Waals surface area contributed by atoms with Crippen LogP contribution in [0.2, 0.25) is 0 Å². The molecule has 2 aromatic carbocycles. The highest BCUT2D eigenvalue weighted by atomic mass is 16.2. The Morgan fingerprint density at radius 2 is 1.59 bits per heavy atom. The number of nitrogens with zero attached hydrogens (tertiary/aromatic N) is 2. The lowest BCUT2D eigenvalue weighted by Gasteiger charge is -2.16. The number of hydrogen-bond donors (Lipinski definition) is 1. The number of para-hydroxylation sites is 2. The second-order valence-corrected chi connectivity index (χ2v) is 6.74. The van der Waals surface area contributed by atoms with E-state index in [2.05, 4.69) is 24.4 Å². The molecular formula is C22H27N3O2. The maximum atomic E-state index is 12.6. The molecule has 0 radical (unpaired) electrons. The summed E-state index contributed by atoms with van der Waals surface area (Å²) in [6.07, 6.45) is 1.26. The molecule has 0 aliphatic heterocycles. The molecule has 1 atom stereocenters. The maximum absolute atomic E-state index is 12.6. The van der Waals surface area contributed by atoms with Crippen molar-refractivity contribution in [3.8, 4) is 0 Å². The van der Waals surface area contributed by atoms with Gasteiger partial charge in [0.05, 0.1) is 11.0 Å². The molecule has 0 spiro atoms. The van der Waals surface area contributed by atoms with Crippen molar-refractivity contribution in [1.82, 2.24) is 14.5 Å². The van der Waals surface area contributed by atoms with Gasteiger partial charge in [-0.1, -0.05) is 49.4 Å². The average Bonchev–Trinajstić information content (AvgIpc) is 2.98. The van der Waals surface area contributed by atoms with Gasteiger partial charge in [-0.25, -0.2) is 4.79 Å². The van der Waals surface area contributed by atoms with Crippen molar-refractivity contribution in [3.05, 3.63) is 70.6 Å². The fourth-order valence-corrected chi connectivity index (χ4v) is 3.56. The first-order chi connectivity index (χ1) is 13.2. The Balaban J connectivity index is 1.64. The molecule has 1 amide bonds. The molecule has 0 bridgehead atoms. The third kappa shape index (κ3) is 4.13. The number of aryl methyl sites for hydroxylation is 2. The predicted molar refractivity (Wildman–Crippen MR) is 109 cm³/mol. The Labute approximate surface area is 159 Å². The van der Waals surface area contributed by atoms with Gasteiger partial charge in [0.2, 0.25) is 5.91 Å². The molecule has 0 aliphatic rings. The van der Waals surface area contributed by atoms with E-state index in [1.54, 1.807) is 9.13 Å². The number of carbonyl (C=O) groups is 1. The van der Waals surface area contributed by atoms with Gasteiger partial charge in [-0.15, -0.1) is 0 Å². The molecule has 3 aromatic rings. The maximum Gasteiger partial charge on any atom is 0.329 e. The summed E-state index contributed by atoms with van der Waals surface area (Å²) < 4.78 is 3.45. The molecule has 27 heavy (non-hydrogen) atoms. The van der Waals surface area contributed by atoms with E-state index in [1.807, 2.05) is 49.4 Å². The highest BCUT2D eigenvalue weighted by Gasteiger charge is 2.14. The van der Waals surface area contributed by atoms with Crippen molar-refractivity contribution in [2.75, 3.05) is 6.54 Å². The quantitative estimate of drug-likeness (QED) is 0.664. The molecule has 0 saturated carbocycles. The molecular weight excluding hydrogens is 338 g/mol. The summed E-state index contributed by atoms with van der Waals surface area (Å²) in [6.45, 7) is 5.71. The largest absolute Gasteiger partial charge is 0.355 e. The van der Waals surface area contributed by atoms with Crippen molar-refractivity contribution in [1.29, 1.82) is 0 Å². The van der Waals surface area contributed by atoms with Crippen molar-refractivity contribution < 1.29 is 4.79 Å². The van der Waals surface area contributed by atoms with Gasteiger partial charge in [-0.05, 0) is 31.0 Å². The molecule has 1 heterocycles. The van der Waals surface area contributed by atoms with Crippen LogP contribution in [0, 0.1) is 0 Å². The average molecular weight is 365 g/mol. The summed E-state index contributed by atoms with van der Waals surface area (Å²) in [5.74, 6) is 0.282. The van der Waals surface area contributed by atoms with Gasteiger partial charge in [0.15, 0.2) is 0 Å². The number of imidazole rings is 1. The summed E-state index contributed by atoms with van der Waals surface area (Å²) in [5.41, 5.74) is 2.98. The van der Waals surface area contributed by atoms with Gasteiger partial charge in [0.25, 0.3) is 0 Å². The van der Waals surface area contributed by atoms with Crippen molar-refractivity contribution in [2.24, 2.45) is 0 Å². The Kier molecular flexibility index (Phi) is 6.12. The molecule has 0 fully saturated rings. The smallest absolute Gasteiger partial charge is 0.329 e. The van der Waals surface area contributed by atoms with Crippen LogP contribution in [0.1, 0.15) is 38.2 Å². The van der Waals surface area contributed by atoms with Crippen LogP contribution in [0.3, 0.4) is 0 Å². The summed E-state index contributed by atoms with van der Waals surface area (Å²) in [4.78, 5) is 25.0. The normalized spacial score (nSPS) is 12.2. The van der Waals surface area contributed by atoms with Gasteiger partial charge in [0, 0.05) is 32.0 Å². The molecule has 3 rings (SSSR count). The SMILES string of the molecule is CCC(CNC(=O)CCn1c(=O)n(CC)c2ccccc21)c1ccccc1. The molecule has 5 heteroatoms. The molecule has 0 aliphatic carbocycles. The number of aromatic nitrogens is 2. The third-order valence-electron chi connectivity index (χ3n) is 5.11. The Bertz CT molecular complexity index is 957. The van der Waals surface area contributed by atoms with E-state index in [0.29, 0.717) is 32.0 Å². The summed E-state index contributed by atoms with van der Waals surface area (Å²) in [7, 11) is 0. The zero-order valence-electron chi connectivity index (χ0n) is 16.0. The highest BCUT2D eigenvalue weighted by molar-refractivity contribution is 5.78. The number of benzene rings is 2. The zero-order chi connectivity index (χ0) is 19.2. The van der Waals surface area contributed by atoms with E-state index in [-0.39, 0.29) is 11.6 Å². The predicted octanol–water partition coefficient (Wildman–Crippen LogP) is 3.52. The highest BCUT2D eigenvalue weighted by Crippen LogP contribution is 2.18. The first-order valence-electron chi connectivity index (χ1n) is 9.65. The van der Waals surface area contributed by atoms with Crippen molar-refractivity contribution in [3.63, 3.8) is 0 Å². The third-order valence-corrected chi connectivity index (χ3v) is 5.11. The van der Waals surface area contributed by atoms with E-state index in [4.69, 9.17) is 0 Å².